The number of carbonyl (C=O) groups excluding carboxylic acids is 1. The van der Waals surface area contributed by atoms with Crippen molar-refractivity contribution < 1.29 is 27.4 Å². The van der Waals surface area contributed by atoms with Crippen molar-refractivity contribution in [3.05, 3.63) is 58.6 Å². The summed E-state index contributed by atoms with van der Waals surface area (Å²) in [7, 11) is 1.55. The van der Waals surface area contributed by atoms with Gasteiger partial charge in [0, 0.05) is 23.9 Å². The van der Waals surface area contributed by atoms with Gasteiger partial charge in [-0.3, -0.25) is 4.79 Å². The number of alkyl halides is 3. The number of halogens is 3. The van der Waals surface area contributed by atoms with Gasteiger partial charge >= 0.3 is 6.18 Å². The number of anilines is 1. The van der Waals surface area contributed by atoms with Crippen LogP contribution in [0.1, 0.15) is 34.8 Å². The molecule has 6 nitrogen and oxygen atoms in total. The van der Waals surface area contributed by atoms with Crippen molar-refractivity contribution >= 4 is 22.9 Å². The number of thiazole rings is 1. The van der Waals surface area contributed by atoms with Gasteiger partial charge in [0.25, 0.3) is 5.91 Å². The van der Waals surface area contributed by atoms with E-state index >= 15 is 0 Å². The van der Waals surface area contributed by atoms with Crippen LogP contribution in [0, 0.1) is 6.92 Å². The Labute approximate surface area is 206 Å². The summed E-state index contributed by atoms with van der Waals surface area (Å²) in [6.45, 7) is 8.95. The molecule has 188 valence electrons. The SMILES string of the molecule is CCN(CC)CCOc1cc(NC(=O)c2sc(-c3ccc(C(F)(F)F)cc3)nc2C)ccc1OC. The van der Waals surface area contributed by atoms with E-state index in [-0.39, 0.29) is 5.91 Å². The predicted molar refractivity (Wildman–Crippen MR) is 132 cm³/mol. The second-order valence-corrected chi connectivity index (χ2v) is 8.70. The fourth-order valence-corrected chi connectivity index (χ4v) is 4.38. The zero-order chi connectivity index (χ0) is 25.6. The fraction of sp³-hybridized carbons (Fsp3) is 0.360. The lowest BCUT2D eigenvalue weighted by Crippen LogP contribution is -2.28. The maximum absolute atomic E-state index is 12.9. The predicted octanol–water partition coefficient (Wildman–Crippen LogP) is 6.12. The Morgan fingerprint density at radius 2 is 1.77 bits per heavy atom. The van der Waals surface area contributed by atoms with E-state index in [0.29, 0.717) is 44.9 Å². The van der Waals surface area contributed by atoms with Crippen LogP contribution in [0.5, 0.6) is 11.5 Å². The van der Waals surface area contributed by atoms with Gasteiger partial charge in [-0.25, -0.2) is 4.98 Å². The molecule has 1 N–H and O–H groups in total. The average molecular weight is 508 g/mol. The zero-order valence-electron chi connectivity index (χ0n) is 20.0. The smallest absolute Gasteiger partial charge is 0.416 e. The van der Waals surface area contributed by atoms with Crippen LogP contribution in [0.25, 0.3) is 10.6 Å². The number of aryl methyl sites for hydroxylation is 1. The first kappa shape index (κ1) is 26.5. The van der Waals surface area contributed by atoms with Gasteiger partial charge in [-0.2, -0.15) is 13.2 Å². The van der Waals surface area contributed by atoms with Gasteiger partial charge in [-0.1, -0.05) is 26.0 Å². The number of benzene rings is 2. The van der Waals surface area contributed by atoms with Crippen molar-refractivity contribution in [3.8, 4) is 22.1 Å². The Kier molecular flexibility index (Phi) is 8.74. The topological polar surface area (TPSA) is 63.7 Å². The Morgan fingerprint density at radius 3 is 2.37 bits per heavy atom. The fourth-order valence-electron chi connectivity index (χ4n) is 3.41. The van der Waals surface area contributed by atoms with E-state index in [2.05, 4.69) is 29.0 Å². The van der Waals surface area contributed by atoms with Gasteiger partial charge in [-0.15, -0.1) is 11.3 Å². The second kappa shape index (κ2) is 11.5. The number of ether oxygens (including phenoxy) is 2. The number of rotatable bonds is 10. The molecule has 10 heteroatoms. The lowest BCUT2D eigenvalue weighted by Gasteiger charge is -2.19. The quantitative estimate of drug-likeness (QED) is 0.358. The summed E-state index contributed by atoms with van der Waals surface area (Å²) in [5, 5.41) is 3.31. The summed E-state index contributed by atoms with van der Waals surface area (Å²) < 4.78 is 49.8. The first-order valence-electron chi connectivity index (χ1n) is 11.2. The number of likely N-dealkylation sites (N-methyl/N-ethyl adjacent to an activating group) is 1. The van der Waals surface area contributed by atoms with Crippen molar-refractivity contribution in [2.45, 2.75) is 26.9 Å². The molecule has 0 spiro atoms. The number of nitrogens with zero attached hydrogens (tertiary/aromatic N) is 2. The highest BCUT2D eigenvalue weighted by atomic mass is 32.1. The minimum absolute atomic E-state index is 0.364. The molecule has 0 saturated heterocycles. The normalized spacial score (nSPS) is 11.5. The molecule has 1 heterocycles. The minimum atomic E-state index is -4.41. The van der Waals surface area contributed by atoms with Crippen molar-refractivity contribution in [3.63, 3.8) is 0 Å². The first-order chi connectivity index (χ1) is 16.7. The summed E-state index contributed by atoms with van der Waals surface area (Å²) in [5.41, 5.74) is 0.796. The van der Waals surface area contributed by atoms with Crippen LogP contribution >= 0.6 is 11.3 Å². The van der Waals surface area contributed by atoms with Gasteiger partial charge in [0.05, 0.1) is 18.4 Å². The van der Waals surface area contributed by atoms with Gasteiger partial charge < -0.3 is 19.7 Å². The van der Waals surface area contributed by atoms with E-state index in [0.717, 1.165) is 43.1 Å². The number of methoxy groups -OCH3 is 1. The Balaban J connectivity index is 1.73. The third-order valence-corrected chi connectivity index (χ3v) is 6.65. The number of nitrogens with one attached hydrogen (secondary N) is 1. The Morgan fingerprint density at radius 1 is 1.09 bits per heavy atom. The average Bonchev–Trinajstić information content (AvgIpc) is 3.23. The van der Waals surface area contributed by atoms with E-state index < -0.39 is 11.7 Å². The molecule has 3 aromatic rings. The lowest BCUT2D eigenvalue weighted by molar-refractivity contribution is -0.137. The summed E-state index contributed by atoms with van der Waals surface area (Å²) in [4.78, 5) is 19.9. The molecule has 1 amide bonds. The number of carbonyl (C=O) groups is 1. The number of amides is 1. The molecule has 0 radical (unpaired) electrons. The van der Waals surface area contributed by atoms with E-state index in [1.807, 2.05) is 0 Å². The van der Waals surface area contributed by atoms with Crippen LogP contribution in [0.3, 0.4) is 0 Å². The lowest BCUT2D eigenvalue weighted by atomic mass is 10.1. The summed E-state index contributed by atoms with van der Waals surface area (Å²) in [6.07, 6.45) is -4.41. The number of hydrogen-bond acceptors (Lipinski definition) is 6. The van der Waals surface area contributed by atoms with E-state index in [1.165, 1.54) is 12.1 Å². The molecule has 2 aromatic carbocycles. The van der Waals surface area contributed by atoms with E-state index in [1.54, 1.807) is 32.2 Å². The van der Waals surface area contributed by atoms with Crippen molar-refractivity contribution in [1.82, 2.24) is 9.88 Å². The van der Waals surface area contributed by atoms with Gasteiger partial charge in [0.2, 0.25) is 0 Å². The molecule has 0 fully saturated rings. The highest BCUT2D eigenvalue weighted by molar-refractivity contribution is 7.17. The van der Waals surface area contributed by atoms with Crippen molar-refractivity contribution in [2.75, 3.05) is 38.7 Å². The van der Waals surface area contributed by atoms with Crippen LogP contribution in [-0.4, -0.2) is 49.1 Å². The van der Waals surface area contributed by atoms with Gasteiger partial charge in [-0.05, 0) is 44.3 Å². The van der Waals surface area contributed by atoms with Crippen LogP contribution in [0.2, 0.25) is 0 Å². The summed E-state index contributed by atoms with van der Waals surface area (Å²) in [6, 6.07) is 9.85. The third kappa shape index (κ3) is 6.73. The van der Waals surface area contributed by atoms with Crippen LogP contribution in [0.15, 0.2) is 42.5 Å². The second-order valence-electron chi connectivity index (χ2n) is 7.70. The number of hydrogen-bond donors (Lipinski definition) is 1. The van der Waals surface area contributed by atoms with Crippen LogP contribution in [-0.2, 0) is 6.18 Å². The Bertz CT molecular complexity index is 1140. The first-order valence-corrected chi connectivity index (χ1v) is 12.0. The molecule has 0 aliphatic carbocycles. The molecule has 0 saturated carbocycles. The molecule has 0 bridgehead atoms. The highest BCUT2D eigenvalue weighted by Crippen LogP contribution is 2.34. The molecule has 3 rings (SSSR count). The molecule has 35 heavy (non-hydrogen) atoms. The standard InChI is InChI=1S/C25H28F3N3O3S/c1-5-31(6-2)13-14-34-21-15-19(11-12-20(21)33-4)30-23(32)22-16(3)29-24(35-22)17-7-9-18(10-8-17)25(26,27)28/h7-12,15H,5-6,13-14H2,1-4H3,(H,30,32). The van der Waals surface area contributed by atoms with Gasteiger partial charge in [0.1, 0.15) is 16.5 Å². The molecule has 0 unspecified atom stereocenters. The number of aromatic nitrogens is 1. The zero-order valence-corrected chi connectivity index (χ0v) is 20.8. The van der Waals surface area contributed by atoms with Gasteiger partial charge in [0.15, 0.2) is 11.5 Å². The summed E-state index contributed by atoms with van der Waals surface area (Å²) >= 11 is 1.12. The third-order valence-electron chi connectivity index (χ3n) is 5.44. The largest absolute Gasteiger partial charge is 0.493 e. The molecule has 0 aliphatic heterocycles. The Hall–Kier alpha value is -3.11. The minimum Gasteiger partial charge on any atom is -0.493 e. The maximum Gasteiger partial charge on any atom is 0.416 e. The van der Waals surface area contributed by atoms with Crippen LogP contribution in [0.4, 0.5) is 18.9 Å². The highest BCUT2D eigenvalue weighted by Gasteiger charge is 2.30. The van der Waals surface area contributed by atoms with E-state index in [4.69, 9.17) is 9.47 Å². The van der Waals surface area contributed by atoms with Crippen molar-refractivity contribution in [1.29, 1.82) is 0 Å². The van der Waals surface area contributed by atoms with Crippen molar-refractivity contribution in [2.24, 2.45) is 0 Å². The molecule has 1 aromatic heterocycles. The van der Waals surface area contributed by atoms with E-state index in [9.17, 15) is 18.0 Å². The maximum atomic E-state index is 12.9. The molecule has 0 aliphatic rings. The van der Waals surface area contributed by atoms with Crippen LogP contribution < -0.4 is 14.8 Å². The monoisotopic (exact) mass is 507 g/mol. The molecular formula is C25H28F3N3O3S. The molecule has 0 atom stereocenters. The molecular weight excluding hydrogens is 479 g/mol. The summed E-state index contributed by atoms with van der Waals surface area (Å²) in [5.74, 6) is 0.711.